The number of phosphoric ester groups is 1. The van der Waals surface area contributed by atoms with Gasteiger partial charge in [0.05, 0.1) is 44.9 Å². The van der Waals surface area contributed by atoms with Crippen LogP contribution in [0.25, 0.3) is 11.2 Å². The molecule has 1 aliphatic heterocycles. The molecule has 1 saturated heterocycles. The topological polar surface area (TPSA) is 158 Å². The van der Waals surface area contributed by atoms with E-state index in [1.807, 2.05) is 4.57 Å². The number of hydrogen-bond donors (Lipinski definition) is 1. The summed E-state index contributed by atoms with van der Waals surface area (Å²) in [5, 5.41) is -0.143. The molecule has 182 valence electrons. The summed E-state index contributed by atoms with van der Waals surface area (Å²) in [4.78, 5) is 34.6. The van der Waals surface area contributed by atoms with Crippen molar-refractivity contribution in [3.8, 4) is 0 Å². The van der Waals surface area contributed by atoms with Crippen molar-refractivity contribution in [3.63, 3.8) is 0 Å². The average molecular weight is 520 g/mol. The summed E-state index contributed by atoms with van der Waals surface area (Å²) in [5.41, 5.74) is 6.98. The van der Waals surface area contributed by atoms with Gasteiger partial charge < -0.3 is 15.0 Å². The minimum Gasteiger partial charge on any atom is -0.382 e. The van der Waals surface area contributed by atoms with Crippen molar-refractivity contribution in [3.05, 3.63) is 12.7 Å². The van der Waals surface area contributed by atoms with Crippen molar-refractivity contribution < 1.29 is 32.5 Å². The number of fused-ring (bicyclic) bond motifs is 1. The van der Waals surface area contributed by atoms with Gasteiger partial charge in [0.15, 0.2) is 21.7 Å². The van der Waals surface area contributed by atoms with Crippen molar-refractivity contribution in [1.82, 2.24) is 19.5 Å². The molecule has 2 atom stereocenters. The van der Waals surface area contributed by atoms with Crippen molar-refractivity contribution in [2.45, 2.75) is 32.4 Å². The lowest BCUT2D eigenvalue weighted by atomic mass is 10.2. The Morgan fingerprint density at radius 1 is 1.15 bits per heavy atom. The van der Waals surface area contributed by atoms with Gasteiger partial charge in [-0.1, -0.05) is 23.5 Å². The molecule has 1 fully saturated rings. The van der Waals surface area contributed by atoms with Gasteiger partial charge in [0.1, 0.15) is 11.8 Å². The lowest BCUT2D eigenvalue weighted by molar-refractivity contribution is -0.109. The van der Waals surface area contributed by atoms with Crippen LogP contribution in [0.1, 0.15) is 26.3 Å². The third-order valence-corrected chi connectivity index (χ3v) is 7.55. The fraction of sp³-hybridized carbons (Fsp3) is 0.611. The van der Waals surface area contributed by atoms with Gasteiger partial charge in [0.2, 0.25) is 0 Å². The van der Waals surface area contributed by atoms with Crippen LogP contribution < -0.4 is 5.73 Å². The highest BCUT2D eigenvalue weighted by atomic mass is 32.2. The van der Waals surface area contributed by atoms with E-state index in [0.717, 1.165) is 23.5 Å². The van der Waals surface area contributed by atoms with Gasteiger partial charge in [-0.05, 0) is 6.42 Å². The van der Waals surface area contributed by atoms with Crippen LogP contribution in [0.2, 0.25) is 0 Å². The summed E-state index contributed by atoms with van der Waals surface area (Å²) in [6, 6.07) is -0.0574. The number of ether oxygens (including phenoxy) is 1. The summed E-state index contributed by atoms with van der Waals surface area (Å²) < 4.78 is 36.9. The van der Waals surface area contributed by atoms with E-state index < -0.39 is 7.82 Å². The monoisotopic (exact) mass is 519 g/mol. The second-order valence-corrected chi connectivity index (χ2v) is 11.2. The van der Waals surface area contributed by atoms with E-state index in [2.05, 4.69) is 15.0 Å². The van der Waals surface area contributed by atoms with E-state index in [1.165, 1.54) is 20.2 Å². The van der Waals surface area contributed by atoms with Crippen LogP contribution in [-0.2, 0) is 32.5 Å². The van der Waals surface area contributed by atoms with Crippen LogP contribution in [0.3, 0.4) is 0 Å². The van der Waals surface area contributed by atoms with Gasteiger partial charge in [0.25, 0.3) is 0 Å². The highest BCUT2D eigenvalue weighted by molar-refractivity contribution is 8.13. The minimum atomic E-state index is -3.90. The van der Waals surface area contributed by atoms with Crippen molar-refractivity contribution in [2.75, 3.05) is 43.7 Å². The Bertz CT molecular complexity index is 997. The standard InChI is InChI=1S/C18H26N5O7PS2/c1-12(24)32-5-3-28-31(26,29-4-6-33-13(2)25)30-9-15-7-14(8-27-15)23-11-22-16-17(19)20-10-21-18(16)23/h10-11,14-15H,3-9H2,1-2H3,(H2,19,20,21)/t14-,15-/m1/s1. The number of imidazole rings is 1. The molecule has 0 saturated carbocycles. The van der Waals surface area contributed by atoms with E-state index in [4.69, 9.17) is 24.0 Å². The van der Waals surface area contributed by atoms with E-state index in [0.29, 0.717) is 41.5 Å². The zero-order valence-electron chi connectivity index (χ0n) is 18.2. The number of phosphoric acid groups is 1. The number of aromatic nitrogens is 4. The number of nitrogens with two attached hydrogens (primary N) is 1. The highest BCUT2D eigenvalue weighted by Crippen LogP contribution is 2.50. The summed E-state index contributed by atoms with van der Waals surface area (Å²) in [5.74, 6) is 0.933. The molecule has 0 bridgehead atoms. The molecule has 0 radical (unpaired) electrons. The third-order valence-electron chi connectivity index (χ3n) is 4.53. The molecule has 0 unspecified atom stereocenters. The first kappa shape index (κ1) is 26.1. The summed E-state index contributed by atoms with van der Waals surface area (Å²) in [6.07, 6.45) is 3.23. The predicted octanol–water partition coefficient (Wildman–Crippen LogP) is 2.46. The fourth-order valence-electron chi connectivity index (χ4n) is 3.09. The minimum absolute atomic E-state index is 0.0116. The lowest BCUT2D eigenvalue weighted by Crippen LogP contribution is -2.16. The van der Waals surface area contributed by atoms with Crippen molar-refractivity contribution in [1.29, 1.82) is 0 Å². The Hall–Kier alpha value is -1.54. The average Bonchev–Trinajstić information content (AvgIpc) is 3.40. The first-order valence-electron chi connectivity index (χ1n) is 10.1. The number of nitrogens with zero attached hydrogens (tertiary/aromatic N) is 4. The van der Waals surface area contributed by atoms with Crippen LogP contribution in [-0.4, -0.2) is 73.8 Å². The van der Waals surface area contributed by atoms with Crippen molar-refractivity contribution >= 4 is 58.6 Å². The molecule has 1 aliphatic rings. The largest absolute Gasteiger partial charge is 0.474 e. The maximum atomic E-state index is 13.0. The maximum absolute atomic E-state index is 13.0. The van der Waals surface area contributed by atoms with Gasteiger partial charge >= 0.3 is 7.82 Å². The molecule has 3 heterocycles. The summed E-state index contributed by atoms with van der Waals surface area (Å²) >= 11 is 2.10. The van der Waals surface area contributed by atoms with Crippen molar-refractivity contribution in [2.24, 2.45) is 0 Å². The Labute approximate surface area is 199 Å². The van der Waals surface area contributed by atoms with E-state index >= 15 is 0 Å². The van der Waals surface area contributed by atoms with Gasteiger partial charge in [0, 0.05) is 25.4 Å². The smallest absolute Gasteiger partial charge is 0.382 e. The lowest BCUT2D eigenvalue weighted by Gasteiger charge is -2.19. The summed E-state index contributed by atoms with van der Waals surface area (Å²) in [7, 11) is -3.90. The molecule has 0 amide bonds. The third kappa shape index (κ3) is 7.74. The molecule has 2 aromatic rings. The number of carbonyl (C=O) groups is 2. The Morgan fingerprint density at radius 2 is 1.82 bits per heavy atom. The molecular formula is C18H26N5O7PS2. The molecule has 12 nitrogen and oxygen atoms in total. The number of nitrogen functional groups attached to an aromatic ring is 1. The quantitative estimate of drug-likeness (QED) is 0.322. The van der Waals surface area contributed by atoms with Gasteiger partial charge in [-0.2, -0.15) is 0 Å². The normalized spacial score (nSPS) is 18.7. The van der Waals surface area contributed by atoms with E-state index in [-0.39, 0.29) is 42.2 Å². The summed E-state index contributed by atoms with van der Waals surface area (Å²) in [6.45, 7) is 3.27. The van der Waals surface area contributed by atoms with Gasteiger partial charge in [-0.25, -0.2) is 19.5 Å². The SMILES string of the molecule is CC(=O)SCCOP(=O)(OCCSC(C)=O)OC[C@H]1C[C@@H](n2cnc3c(N)ncnc32)CO1. The number of thioether (sulfide) groups is 2. The van der Waals surface area contributed by atoms with Gasteiger partial charge in [-0.15, -0.1) is 0 Å². The first-order valence-corrected chi connectivity index (χ1v) is 13.6. The molecule has 0 aromatic carbocycles. The number of carbonyl (C=O) groups excluding carboxylic acids is 2. The second kappa shape index (κ2) is 12.2. The van der Waals surface area contributed by atoms with Crippen LogP contribution in [0, 0.1) is 0 Å². The molecule has 2 aromatic heterocycles. The Balaban J connectivity index is 1.55. The first-order chi connectivity index (χ1) is 15.8. The van der Waals surface area contributed by atoms with Crippen LogP contribution in [0.4, 0.5) is 5.82 Å². The highest BCUT2D eigenvalue weighted by Gasteiger charge is 2.33. The number of hydrogen-bond acceptors (Lipinski definition) is 13. The molecule has 0 aliphatic carbocycles. The number of rotatable bonds is 12. The molecule has 15 heteroatoms. The van der Waals surface area contributed by atoms with Crippen LogP contribution >= 0.6 is 31.3 Å². The van der Waals surface area contributed by atoms with Crippen LogP contribution in [0.15, 0.2) is 12.7 Å². The molecule has 3 rings (SSSR count). The molecule has 33 heavy (non-hydrogen) atoms. The fourth-order valence-corrected chi connectivity index (χ4v) is 5.45. The zero-order chi connectivity index (χ0) is 23.8. The van der Waals surface area contributed by atoms with Crippen LogP contribution in [0.5, 0.6) is 0 Å². The van der Waals surface area contributed by atoms with E-state index in [9.17, 15) is 14.2 Å². The zero-order valence-corrected chi connectivity index (χ0v) is 20.8. The second-order valence-electron chi connectivity index (χ2n) is 7.02. The van der Waals surface area contributed by atoms with E-state index in [1.54, 1.807) is 6.33 Å². The predicted molar refractivity (Wildman–Crippen MR) is 125 cm³/mol. The Kier molecular flexibility index (Phi) is 9.68. The molecule has 2 N–H and O–H groups in total. The van der Waals surface area contributed by atoms with Gasteiger partial charge in [-0.3, -0.25) is 23.2 Å². The molecule has 0 spiro atoms. The number of anilines is 1. The maximum Gasteiger partial charge on any atom is 0.474 e. The Morgan fingerprint density at radius 3 is 2.45 bits per heavy atom. The molecular weight excluding hydrogens is 493 g/mol.